The lowest BCUT2D eigenvalue weighted by atomic mass is 9.53. The summed E-state index contributed by atoms with van der Waals surface area (Å²) >= 11 is 0. The Labute approximate surface area is 372 Å². The number of allylic oxidation sites excluding steroid dienone is 5. The van der Waals surface area contributed by atoms with Gasteiger partial charge in [-0.2, -0.15) is 0 Å². The van der Waals surface area contributed by atoms with Crippen molar-refractivity contribution in [3.05, 3.63) is 123 Å². The van der Waals surface area contributed by atoms with Crippen LogP contribution in [0.2, 0.25) is 0 Å². The first kappa shape index (κ1) is 42.8. The Kier molecular flexibility index (Phi) is 11.9. The average Bonchev–Trinajstić information content (AvgIpc) is 3.78. The molecule has 0 amide bonds. The Balaban J connectivity index is 1.12. The van der Waals surface area contributed by atoms with Gasteiger partial charge in [0.25, 0.3) is 0 Å². The minimum atomic E-state index is -0.809. The molecule has 11 heteroatoms. The summed E-state index contributed by atoms with van der Waals surface area (Å²) in [5.41, 5.74) is 18.4. The molecule has 1 spiro atoms. The van der Waals surface area contributed by atoms with Crippen LogP contribution in [0, 0.1) is 34.5 Å². The number of carbonyl (C=O) groups is 1. The van der Waals surface area contributed by atoms with Gasteiger partial charge in [-0.15, -0.1) is 5.76 Å². The predicted molar refractivity (Wildman–Crippen MR) is 246 cm³/mol. The van der Waals surface area contributed by atoms with Crippen LogP contribution in [0.5, 0.6) is 17.2 Å². The summed E-state index contributed by atoms with van der Waals surface area (Å²) in [4.78, 5) is 18.0. The van der Waals surface area contributed by atoms with Gasteiger partial charge in [0, 0.05) is 53.0 Å². The van der Waals surface area contributed by atoms with Gasteiger partial charge >= 0.3 is 0 Å². The molecule has 3 fully saturated rings. The van der Waals surface area contributed by atoms with E-state index in [0.29, 0.717) is 77.9 Å². The zero-order chi connectivity index (χ0) is 43.2. The van der Waals surface area contributed by atoms with E-state index in [2.05, 4.69) is 35.9 Å². The molecule has 9 nitrogen and oxygen atoms in total. The normalized spacial score (nSPS) is 29.5. The molecule has 0 aromatic heterocycles. The number of ether oxygens (including phenoxy) is 1. The molecule has 9 bridgehead atoms. The number of nitrogens with zero attached hydrogens (tertiary/aromatic N) is 1. The van der Waals surface area contributed by atoms with Gasteiger partial charge in [-0.3, -0.25) is 9.79 Å². The van der Waals surface area contributed by atoms with Gasteiger partial charge in [0.1, 0.15) is 5.75 Å². The minimum absolute atomic E-state index is 0.0159. The van der Waals surface area contributed by atoms with Gasteiger partial charge in [0.05, 0.1) is 30.5 Å². The van der Waals surface area contributed by atoms with E-state index < -0.39 is 17.7 Å². The molecule has 2 aliphatic heterocycles. The van der Waals surface area contributed by atoms with Gasteiger partial charge in [-0.25, -0.2) is 0 Å². The standard InChI is InChI=1S/C51H57N3O6S2/c1-2-4-42-34-13-18-51(59)29-49(42)17-14-36(55)10-7-31-9-12-45(57)47(22-31)60-20-16-32-8-11-44(56)41(21-32)40-25-46(58)37-15-19-54-43(37)6-3-5-33-23-39(48(52)53)35(24-38(33)40)27-61-62-30-50(51,26-34)28-49/h8-9,11-12,14-15,17,19,21-24,34,40,42,48,56-59H,2,4,6-7,10,13,16,18,20,25-30,52-53H2,1H3/p-1. The molecule has 0 radical (unpaired) electrons. The first-order valence-electron chi connectivity index (χ1n) is 22.2. The molecule has 6 unspecified atom stereocenters. The number of hydrogen-bond donors (Lipinski definition) is 5. The number of rotatable bonds is 3. The molecule has 7 N–H and O–H groups in total. The van der Waals surface area contributed by atoms with Crippen molar-refractivity contribution in [1.29, 1.82) is 0 Å². The van der Waals surface area contributed by atoms with E-state index in [1.807, 2.05) is 30.3 Å². The smallest absolute Gasteiger partial charge is 0.161 e. The highest BCUT2D eigenvalue weighted by molar-refractivity contribution is 8.76. The largest absolute Gasteiger partial charge is 0.875 e. The number of phenols is 2. The number of aromatic hydroxyl groups is 2. The quantitative estimate of drug-likeness (QED) is 0.0982. The van der Waals surface area contributed by atoms with Crippen LogP contribution in [-0.2, 0) is 23.4 Å². The van der Waals surface area contributed by atoms with Crippen LogP contribution in [0.1, 0.15) is 122 Å². The fraction of sp³-hybridized carbons (Fsp3) is 0.451. The molecule has 6 atom stereocenters. The molecule has 62 heavy (non-hydrogen) atoms. The number of nitrogens with two attached hydrogens (primary N) is 2. The highest BCUT2D eigenvalue weighted by atomic mass is 33.1. The maximum atomic E-state index is 14.2. The minimum Gasteiger partial charge on any atom is -0.875 e. The first-order valence-corrected chi connectivity index (χ1v) is 24.6. The molecule has 9 rings (SSSR count). The van der Waals surface area contributed by atoms with Gasteiger partial charge in [0.15, 0.2) is 17.3 Å². The van der Waals surface area contributed by atoms with Crippen LogP contribution >= 0.6 is 21.6 Å². The molecule has 3 aromatic rings. The highest BCUT2D eigenvalue weighted by Gasteiger charge is 2.70. The fourth-order valence-electron chi connectivity index (χ4n) is 11.8. The lowest BCUT2D eigenvalue weighted by Crippen LogP contribution is -2.52. The summed E-state index contributed by atoms with van der Waals surface area (Å²) in [6.07, 6.45) is 14.8. The molecule has 3 saturated carbocycles. The summed E-state index contributed by atoms with van der Waals surface area (Å²) < 4.78 is 6.15. The number of hydrogen-bond acceptors (Lipinski definition) is 11. The Morgan fingerprint density at radius 1 is 1.00 bits per heavy atom. The second-order valence-corrected chi connectivity index (χ2v) is 21.0. The van der Waals surface area contributed by atoms with E-state index in [-0.39, 0.29) is 46.9 Å². The Morgan fingerprint density at radius 2 is 1.82 bits per heavy atom. The van der Waals surface area contributed by atoms with Crippen molar-refractivity contribution in [1.82, 2.24) is 0 Å². The lowest BCUT2D eigenvalue weighted by Gasteiger charge is -2.54. The molecule has 0 saturated heterocycles. The second-order valence-electron chi connectivity index (χ2n) is 18.5. The Bertz CT molecular complexity index is 2470. The predicted octanol–water partition coefficient (Wildman–Crippen LogP) is 8.18. The van der Waals surface area contributed by atoms with Gasteiger partial charge in [-0.1, -0.05) is 77.1 Å². The number of ketones is 1. The van der Waals surface area contributed by atoms with E-state index in [9.17, 15) is 25.2 Å². The van der Waals surface area contributed by atoms with Crippen molar-refractivity contribution in [2.75, 3.05) is 12.4 Å². The number of aliphatic hydroxyl groups is 1. The maximum absolute atomic E-state index is 14.2. The maximum Gasteiger partial charge on any atom is 0.161 e. The van der Waals surface area contributed by atoms with E-state index in [0.717, 1.165) is 72.1 Å². The molecular formula is C51H56N3O6S2-. The topological polar surface area (TPSA) is 174 Å². The van der Waals surface area contributed by atoms with Crippen LogP contribution in [0.3, 0.4) is 0 Å². The van der Waals surface area contributed by atoms with Crippen LogP contribution in [0.25, 0.3) is 0 Å². The summed E-state index contributed by atoms with van der Waals surface area (Å²) in [7, 11) is 3.52. The molecule has 4 aliphatic carbocycles. The van der Waals surface area contributed by atoms with E-state index in [1.165, 1.54) is 0 Å². The number of phenolic OH excluding ortho intramolecular Hbond substituents is 2. The van der Waals surface area contributed by atoms with Crippen LogP contribution in [-0.4, -0.2) is 44.8 Å². The number of carbonyl (C=O) groups excluding carboxylic acids is 1. The van der Waals surface area contributed by atoms with Crippen LogP contribution in [0.15, 0.2) is 89.3 Å². The summed E-state index contributed by atoms with van der Waals surface area (Å²) in [5, 5.41) is 49.2. The van der Waals surface area contributed by atoms with Crippen molar-refractivity contribution >= 4 is 33.1 Å². The number of fused-ring (bicyclic) bond motifs is 8. The van der Waals surface area contributed by atoms with Crippen molar-refractivity contribution in [2.24, 2.45) is 39.1 Å². The lowest BCUT2D eigenvalue weighted by molar-refractivity contribution is -0.307. The number of aliphatic imine (C=N–C) groups is 1. The average molecular weight is 871 g/mol. The fourth-order valence-corrected chi connectivity index (χ4v) is 14.6. The summed E-state index contributed by atoms with van der Waals surface area (Å²) in [6.45, 7) is 2.48. The summed E-state index contributed by atoms with van der Waals surface area (Å²) in [5.74, 6) is 8.76. The van der Waals surface area contributed by atoms with Crippen molar-refractivity contribution in [3.8, 4) is 29.1 Å². The Hall–Kier alpha value is -4.44. The number of benzene rings is 3. The molecule has 2 heterocycles. The highest BCUT2D eigenvalue weighted by Crippen LogP contribution is 2.73. The van der Waals surface area contributed by atoms with Gasteiger partial charge in [-0.05, 0) is 138 Å². The van der Waals surface area contributed by atoms with Crippen molar-refractivity contribution in [3.63, 3.8) is 0 Å². The molecule has 3 aromatic carbocycles. The van der Waals surface area contributed by atoms with E-state index in [1.54, 1.807) is 52.1 Å². The summed E-state index contributed by atoms with van der Waals surface area (Å²) in [6, 6.07) is 14.7. The van der Waals surface area contributed by atoms with Crippen molar-refractivity contribution in [2.45, 2.75) is 107 Å². The monoisotopic (exact) mass is 870 g/mol. The zero-order valence-corrected chi connectivity index (χ0v) is 37.0. The van der Waals surface area contributed by atoms with Crippen LogP contribution < -0.4 is 21.3 Å². The van der Waals surface area contributed by atoms with E-state index >= 15 is 0 Å². The molecule has 6 aliphatic rings. The third kappa shape index (κ3) is 8.02. The van der Waals surface area contributed by atoms with Gasteiger partial charge < -0.3 is 36.6 Å². The number of aryl methyl sites for hydroxylation is 1. The molecule has 324 valence electrons. The zero-order valence-electron chi connectivity index (χ0n) is 35.3. The first-order chi connectivity index (χ1) is 29.9. The third-order valence-corrected chi connectivity index (χ3v) is 17.3. The van der Waals surface area contributed by atoms with E-state index in [4.69, 9.17) is 16.2 Å². The van der Waals surface area contributed by atoms with Gasteiger partial charge in [0.2, 0.25) is 0 Å². The van der Waals surface area contributed by atoms with Crippen LogP contribution in [0.4, 0.5) is 0 Å². The third-order valence-electron chi connectivity index (χ3n) is 14.8. The second kappa shape index (κ2) is 17.3. The SMILES string of the molecule is CCCC1C2CCC3(O)CC14C=CC(=O)CCc1ccc(O)c(c1)OCCc1ccc(O)c(c1)C1CC([O-])=C5C=CN=C5CC#Cc5cc(C(N)N)c(cc51)CSSCC3(C2)C4. The van der Waals surface area contributed by atoms with Crippen molar-refractivity contribution < 1.29 is 30.0 Å². The molecular weight excluding hydrogens is 815 g/mol. The Morgan fingerprint density at radius 3 is 2.65 bits per heavy atom.